The quantitative estimate of drug-likeness (QED) is 0.591. The van der Waals surface area contributed by atoms with Crippen molar-refractivity contribution in [3.63, 3.8) is 0 Å². The number of amides is 1. The highest BCUT2D eigenvalue weighted by Crippen LogP contribution is 2.30. The van der Waals surface area contributed by atoms with Gasteiger partial charge in [0.2, 0.25) is 5.91 Å². The zero-order valence-electron chi connectivity index (χ0n) is 11.1. The van der Waals surface area contributed by atoms with Crippen LogP contribution in [-0.4, -0.2) is 34.5 Å². The number of aliphatic carboxylic acids is 1. The van der Waals surface area contributed by atoms with Gasteiger partial charge in [0.25, 0.3) is 5.69 Å². The number of hydrogen-bond acceptors (Lipinski definition) is 5. The average Bonchev–Trinajstić information content (AvgIpc) is 2.34. The topological polar surface area (TPSA) is 127 Å². The molecule has 0 aromatic heterocycles. The minimum atomic E-state index is -1.13. The molecular weight excluding hydrogens is 266 g/mol. The van der Waals surface area contributed by atoms with E-state index in [2.05, 4.69) is 0 Å². The van der Waals surface area contributed by atoms with Gasteiger partial charge in [-0.05, 0) is 26.0 Å². The van der Waals surface area contributed by atoms with E-state index in [-0.39, 0.29) is 23.0 Å². The summed E-state index contributed by atoms with van der Waals surface area (Å²) < 4.78 is 0. The van der Waals surface area contributed by atoms with Gasteiger partial charge in [-0.3, -0.25) is 19.7 Å². The largest absolute Gasteiger partial charge is 0.480 e. The standard InChI is InChI=1S/C12H15N3O5/c1-7(2)14(6-11(16)17)10-5-8(12(13)18)3-4-9(10)15(19)20/h3-5,7H,6H2,1-2H3,(H2,13,18)(H,16,17). The van der Waals surface area contributed by atoms with Crippen LogP contribution in [0.15, 0.2) is 18.2 Å². The Morgan fingerprint density at radius 3 is 2.45 bits per heavy atom. The number of carboxylic acids is 1. The summed E-state index contributed by atoms with van der Waals surface area (Å²) in [6, 6.07) is 3.33. The van der Waals surface area contributed by atoms with Crippen LogP contribution in [0.4, 0.5) is 11.4 Å². The van der Waals surface area contributed by atoms with Crippen molar-refractivity contribution in [2.75, 3.05) is 11.4 Å². The first-order valence-corrected chi connectivity index (χ1v) is 5.80. The van der Waals surface area contributed by atoms with E-state index in [0.29, 0.717) is 0 Å². The van der Waals surface area contributed by atoms with E-state index in [1.54, 1.807) is 13.8 Å². The van der Waals surface area contributed by atoms with E-state index >= 15 is 0 Å². The lowest BCUT2D eigenvalue weighted by Crippen LogP contribution is -2.36. The minimum Gasteiger partial charge on any atom is -0.480 e. The fraction of sp³-hybridized carbons (Fsp3) is 0.333. The molecule has 0 heterocycles. The van der Waals surface area contributed by atoms with Crippen LogP contribution in [0.25, 0.3) is 0 Å². The van der Waals surface area contributed by atoms with Gasteiger partial charge in [-0.2, -0.15) is 0 Å². The summed E-state index contributed by atoms with van der Waals surface area (Å²) in [5.41, 5.74) is 5.01. The SMILES string of the molecule is CC(C)N(CC(=O)O)c1cc(C(N)=O)ccc1[N+](=O)[O-]. The molecule has 0 aliphatic heterocycles. The molecule has 0 unspecified atom stereocenters. The third-order valence-corrected chi connectivity index (χ3v) is 2.70. The minimum absolute atomic E-state index is 0.0590. The summed E-state index contributed by atoms with van der Waals surface area (Å²) in [5, 5.41) is 19.9. The van der Waals surface area contributed by atoms with Crippen molar-refractivity contribution in [2.45, 2.75) is 19.9 Å². The molecule has 108 valence electrons. The number of nitrogens with zero attached hydrogens (tertiary/aromatic N) is 2. The smallest absolute Gasteiger partial charge is 0.323 e. The van der Waals surface area contributed by atoms with Crippen molar-refractivity contribution in [3.8, 4) is 0 Å². The molecule has 8 nitrogen and oxygen atoms in total. The molecule has 1 aromatic carbocycles. The van der Waals surface area contributed by atoms with Crippen molar-refractivity contribution < 1.29 is 19.6 Å². The van der Waals surface area contributed by atoms with E-state index in [9.17, 15) is 19.7 Å². The third kappa shape index (κ3) is 3.44. The van der Waals surface area contributed by atoms with Crippen LogP contribution in [0.5, 0.6) is 0 Å². The molecule has 1 amide bonds. The number of benzene rings is 1. The summed E-state index contributed by atoms with van der Waals surface area (Å²) in [6.07, 6.45) is 0. The molecule has 1 rings (SSSR count). The van der Waals surface area contributed by atoms with Crippen molar-refractivity contribution in [1.29, 1.82) is 0 Å². The Balaban J connectivity index is 3.42. The zero-order chi connectivity index (χ0) is 15.4. The molecule has 0 bridgehead atoms. The van der Waals surface area contributed by atoms with E-state index in [1.807, 2.05) is 0 Å². The zero-order valence-corrected chi connectivity index (χ0v) is 11.1. The summed E-state index contributed by atoms with van der Waals surface area (Å²) in [7, 11) is 0. The Morgan fingerprint density at radius 2 is 2.05 bits per heavy atom. The first-order valence-electron chi connectivity index (χ1n) is 5.80. The lowest BCUT2D eigenvalue weighted by molar-refractivity contribution is -0.384. The number of carboxylic acid groups (broad SMARTS) is 1. The fourth-order valence-corrected chi connectivity index (χ4v) is 1.75. The number of nitro groups is 1. The highest BCUT2D eigenvalue weighted by molar-refractivity contribution is 5.95. The van der Waals surface area contributed by atoms with E-state index in [4.69, 9.17) is 10.8 Å². The third-order valence-electron chi connectivity index (χ3n) is 2.70. The fourth-order valence-electron chi connectivity index (χ4n) is 1.75. The van der Waals surface area contributed by atoms with Gasteiger partial charge in [0.1, 0.15) is 12.2 Å². The van der Waals surface area contributed by atoms with Crippen LogP contribution in [0.1, 0.15) is 24.2 Å². The van der Waals surface area contributed by atoms with Crippen LogP contribution in [0.2, 0.25) is 0 Å². The van der Waals surface area contributed by atoms with Crippen LogP contribution >= 0.6 is 0 Å². The Hall–Kier alpha value is -2.64. The van der Waals surface area contributed by atoms with E-state index < -0.39 is 23.3 Å². The predicted octanol–water partition coefficient (Wildman–Crippen LogP) is 0.993. The maximum Gasteiger partial charge on any atom is 0.323 e. The van der Waals surface area contributed by atoms with Gasteiger partial charge in [0.15, 0.2) is 0 Å². The molecular formula is C12H15N3O5. The molecule has 0 radical (unpaired) electrons. The summed E-state index contributed by atoms with van der Waals surface area (Å²) in [4.78, 5) is 33.8. The molecule has 1 aromatic rings. The normalized spacial score (nSPS) is 10.3. The second-order valence-corrected chi connectivity index (χ2v) is 4.44. The van der Waals surface area contributed by atoms with Gasteiger partial charge in [-0.1, -0.05) is 0 Å². The molecule has 0 saturated carbocycles. The first-order chi connectivity index (χ1) is 9.23. The summed E-state index contributed by atoms with van der Waals surface area (Å²) >= 11 is 0. The maximum atomic E-state index is 11.2. The number of primary amides is 1. The number of anilines is 1. The highest BCUT2D eigenvalue weighted by Gasteiger charge is 2.24. The van der Waals surface area contributed by atoms with Gasteiger partial charge < -0.3 is 15.7 Å². The van der Waals surface area contributed by atoms with Crippen LogP contribution in [0, 0.1) is 10.1 Å². The van der Waals surface area contributed by atoms with Crippen molar-refractivity contribution in [2.24, 2.45) is 5.73 Å². The van der Waals surface area contributed by atoms with Crippen LogP contribution < -0.4 is 10.6 Å². The number of hydrogen-bond donors (Lipinski definition) is 2. The van der Waals surface area contributed by atoms with Crippen LogP contribution in [0.3, 0.4) is 0 Å². The molecule has 8 heteroatoms. The predicted molar refractivity (Wildman–Crippen MR) is 71.7 cm³/mol. The van der Waals surface area contributed by atoms with E-state index in [0.717, 1.165) is 6.07 Å². The molecule has 0 aliphatic carbocycles. The Labute approximate surface area is 114 Å². The highest BCUT2D eigenvalue weighted by atomic mass is 16.6. The number of nitrogens with two attached hydrogens (primary N) is 1. The molecule has 0 spiro atoms. The van der Waals surface area contributed by atoms with Crippen molar-refractivity contribution in [3.05, 3.63) is 33.9 Å². The van der Waals surface area contributed by atoms with Crippen molar-refractivity contribution in [1.82, 2.24) is 0 Å². The number of carbonyl (C=O) groups excluding carboxylic acids is 1. The summed E-state index contributed by atoms with van der Waals surface area (Å²) in [5.74, 6) is -1.86. The molecule has 20 heavy (non-hydrogen) atoms. The lowest BCUT2D eigenvalue weighted by Gasteiger charge is -2.27. The van der Waals surface area contributed by atoms with Crippen molar-refractivity contribution >= 4 is 23.3 Å². The maximum absolute atomic E-state index is 11.2. The van der Waals surface area contributed by atoms with Gasteiger partial charge in [0.05, 0.1) is 4.92 Å². The summed E-state index contributed by atoms with van der Waals surface area (Å²) in [6.45, 7) is 2.98. The molecule has 0 atom stereocenters. The number of carbonyl (C=O) groups is 2. The molecule has 0 aliphatic rings. The van der Waals surface area contributed by atoms with Gasteiger partial charge in [0, 0.05) is 17.7 Å². The molecule has 0 fully saturated rings. The van der Waals surface area contributed by atoms with Gasteiger partial charge in [-0.25, -0.2) is 0 Å². The van der Waals surface area contributed by atoms with Crippen LogP contribution in [-0.2, 0) is 4.79 Å². The Morgan fingerprint density at radius 1 is 1.45 bits per heavy atom. The second kappa shape index (κ2) is 6.00. The van der Waals surface area contributed by atoms with Gasteiger partial charge >= 0.3 is 5.97 Å². The monoisotopic (exact) mass is 281 g/mol. The second-order valence-electron chi connectivity index (χ2n) is 4.44. The molecule has 3 N–H and O–H groups in total. The lowest BCUT2D eigenvalue weighted by atomic mass is 10.1. The molecule has 0 saturated heterocycles. The Kier molecular flexibility index (Phi) is 4.63. The average molecular weight is 281 g/mol. The Bertz CT molecular complexity index is 556. The van der Waals surface area contributed by atoms with Gasteiger partial charge in [-0.15, -0.1) is 0 Å². The first kappa shape index (κ1) is 15.4. The van der Waals surface area contributed by atoms with E-state index in [1.165, 1.54) is 17.0 Å². The number of rotatable bonds is 6. The number of nitro benzene ring substituents is 1.